The Kier molecular flexibility index (Phi) is 5.83. The van der Waals surface area contributed by atoms with Crippen LogP contribution in [0.5, 0.6) is 0 Å². The van der Waals surface area contributed by atoms with Crippen molar-refractivity contribution < 1.29 is 14.7 Å². The molecule has 1 amide bonds. The third-order valence-electron chi connectivity index (χ3n) is 3.52. The summed E-state index contributed by atoms with van der Waals surface area (Å²) >= 11 is 0. The van der Waals surface area contributed by atoms with Crippen molar-refractivity contribution in [3.63, 3.8) is 0 Å². The van der Waals surface area contributed by atoms with Crippen molar-refractivity contribution in [1.82, 2.24) is 25.1 Å². The van der Waals surface area contributed by atoms with E-state index in [0.29, 0.717) is 12.4 Å². The molecule has 1 aromatic carbocycles. The van der Waals surface area contributed by atoms with E-state index in [1.807, 2.05) is 37.3 Å². The topological polar surface area (TPSA) is 113 Å². The number of benzene rings is 1. The maximum atomic E-state index is 12.5. The number of hydrogen-bond acceptors (Lipinski definition) is 6. The van der Waals surface area contributed by atoms with Gasteiger partial charge in [0.1, 0.15) is 6.04 Å². The first-order valence-electron chi connectivity index (χ1n) is 7.60. The number of nitrogens with one attached hydrogen (secondary N) is 1. The lowest BCUT2D eigenvalue weighted by Gasteiger charge is -2.23. The molecule has 9 heteroatoms. The molecule has 0 aliphatic carbocycles. The summed E-state index contributed by atoms with van der Waals surface area (Å²) in [5.41, 5.74) is 0.770. The predicted octanol–water partition coefficient (Wildman–Crippen LogP) is 0.786. The number of para-hydroxylation sites is 1. The SMILES string of the molecule is CCC(Nc1nnnn1-c1ccccc1)C(=O)N(C)CCC(=O)O. The van der Waals surface area contributed by atoms with Crippen molar-refractivity contribution in [2.75, 3.05) is 18.9 Å². The number of hydrogen-bond donors (Lipinski definition) is 2. The van der Waals surface area contributed by atoms with Crippen LogP contribution in [0.25, 0.3) is 5.69 Å². The summed E-state index contributed by atoms with van der Waals surface area (Å²) in [6.45, 7) is 2.01. The van der Waals surface area contributed by atoms with Crippen molar-refractivity contribution in [2.45, 2.75) is 25.8 Å². The Bertz CT molecular complexity index is 688. The minimum atomic E-state index is -0.941. The minimum Gasteiger partial charge on any atom is -0.481 e. The lowest BCUT2D eigenvalue weighted by Crippen LogP contribution is -2.41. The molecule has 9 nitrogen and oxygen atoms in total. The number of carbonyl (C=O) groups excluding carboxylic acids is 1. The number of aliphatic carboxylic acids is 1. The van der Waals surface area contributed by atoms with Crippen molar-refractivity contribution in [3.05, 3.63) is 30.3 Å². The van der Waals surface area contributed by atoms with Gasteiger partial charge in [-0.2, -0.15) is 4.68 Å². The zero-order chi connectivity index (χ0) is 17.5. The van der Waals surface area contributed by atoms with Crippen molar-refractivity contribution in [1.29, 1.82) is 0 Å². The number of amides is 1. The quantitative estimate of drug-likeness (QED) is 0.734. The summed E-state index contributed by atoms with van der Waals surface area (Å²) in [6.07, 6.45) is 0.415. The van der Waals surface area contributed by atoms with Gasteiger partial charge in [0.05, 0.1) is 12.1 Å². The van der Waals surface area contributed by atoms with E-state index in [0.717, 1.165) is 5.69 Å². The number of carboxylic acid groups (broad SMARTS) is 1. The number of carboxylic acids is 1. The number of tetrazole rings is 1. The van der Waals surface area contributed by atoms with Crippen LogP contribution in [0.1, 0.15) is 19.8 Å². The van der Waals surface area contributed by atoms with E-state index >= 15 is 0 Å². The van der Waals surface area contributed by atoms with E-state index < -0.39 is 12.0 Å². The molecule has 2 N–H and O–H groups in total. The van der Waals surface area contributed by atoms with Gasteiger partial charge in [0.2, 0.25) is 11.9 Å². The number of anilines is 1. The van der Waals surface area contributed by atoms with Crippen LogP contribution in [0.3, 0.4) is 0 Å². The van der Waals surface area contributed by atoms with Gasteiger partial charge in [0.25, 0.3) is 0 Å². The summed E-state index contributed by atoms with van der Waals surface area (Å²) in [7, 11) is 1.58. The van der Waals surface area contributed by atoms with E-state index in [9.17, 15) is 9.59 Å². The number of rotatable bonds is 8. The minimum absolute atomic E-state index is 0.0968. The molecule has 1 aromatic heterocycles. The van der Waals surface area contributed by atoms with Crippen LogP contribution in [0.4, 0.5) is 5.95 Å². The molecule has 0 spiro atoms. The Balaban J connectivity index is 2.10. The van der Waals surface area contributed by atoms with Gasteiger partial charge in [0.15, 0.2) is 0 Å². The fourth-order valence-corrected chi connectivity index (χ4v) is 2.15. The average Bonchev–Trinajstić information content (AvgIpc) is 3.05. The summed E-state index contributed by atoms with van der Waals surface area (Å²) in [5, 5.41) is 23.3. The molecule has 0 bridgehead atoms. The monoisotopic (exact) mass is 332 g/mol. The van der Waals surface area contributed by atoms with Gasteiger partial charge in [0, 0.05) is 13.6 Å². The van der Waals surface area contributed by atoms with Crippen LogP contribution >= 0.6 is 0 Å². The summed E-state index contributed by atoms with van der Waals surface area (Å²) in [5.74, 6) is -0.793. The molecule has 1 heterocycles. The molecule has 2 rings (SSSR count). The number of aromatic nitrogens is 4. The van der Waals surface area contributed by atoms with Gasteiger partial charge in [-0.1, -0.05) is 30.2 Å². The second-order valence-corrected chi connectivity index (χ2v) is 5.26. The van der Waals surface area contributed by atoms with Crippen LogP contribution < -0.4 is 5.32 Å². The fourth-order valence-electron chi connectivity index (χ4n) is 2.15. The Morgan fingerprint density at radius 3 is 2.67 bits per heavy atom. The first-order chi connectivity index (χ1) is 11.5. The molecule has 0 fully saturated rings. The van der Waals surface area contributed by atoms with E-state index in [1.54, 1.807) is 7.05 Å². The molecule has 0 aliphatic heterocycles. The highest BCUT2D eigenvalue weighted by molar-refractivity contribution is 5.84. The van der Waals surface area contributed by atoms with Crippen molar-refractivity contribution in [3.8, 4) is 5.69 Å². The van der Waals surface area contributed by atoms with Gasteiger partial charge in [-0.15, -0.1) is 0 Å². The Morgan fingerprint density at radius 1 is 1.33 bits per heavy atom. The molecule has 0 saturated carbocycles. The summed E-state index contributed by atoms with van der Waals surface area (Å²) < 4.78 is 1.51. The number of nitrogens with zero attached hydrogens (tertiary/aromatic N) is 5. The zero-order valence-electron chi connectivity index (χ0n) is 13.6. The lowest BCUT2D eigenvalue weighted by atomic mass is 10.2. The van der Waals surface area contributed by atoms with Crippen LogP contribution in [0, 0.1) is 0 Å². The highest BCUT2D eigenvalue weighted by Crippen LogP contribution is 2.13. The largest absolute Gasteiger partial charge is 0.481 e. The lowest BCUT2D eigenvalue weighted by molar-refractivity contribution is -0.138. The molecule has 2 aromatic rings. The molecular formula is C15H20N6O3. The van der Waals surface area contributed by atoms with Crippen LogP contribution in [-0.4, -0.2) is 61.7 Å². The first-order valence-corrected chi connectivity index (χ1v) is 7.60. The zero-order valence-corrected chi connectivity index (χ0v) is 13.6. The van der Waals surface area contributed by atoms with Gasteiger partial charge >= 0.3 is 5.97 Å². The van der Waals surface area contributed by atoms with Crippen molar-refractivity contribution in [2.24, 2.45) is 0 Å². The van der Waals surface area contributed by atoms with E-state index in [2.05, 4.69) is 20.8 Å². The Hall–Kier alpha value is -2.97. The fraction of sp³-hybridized carbons (Fsp3) is 0.400. The molecule has 0 radical (unpaired) electrons. The molecule has 0 aliphatic rings. The second kappa shape index (κ2) is 8.04. The standard InChI is InChI=1S/C15H20N6O3/c1-3-12(14(24)20(2)10-9-13(22)23)16-15-17-18-19-21(15)11-7-5-4-6-8-11/h4-8,12H,3,9-10H2,1-2H3,(H,22,23)(H,16,17,19). The van der Waals surface area contributed by atoms with Crippen molar-refractivity contribution >= 4 is 17.8 Å². The smallest absolute Gasteiger partial charge is 0.305 e. The van der Waals surface area contributed by atoms with Crippen LogP contribution in [0.15, 0.2) is 30.3 Å². The predicted molar refractivity (Wildman–Crippen MR) is 86.7 cm³/mol. The first kappa shape index (κ1) is 17.4. The number of carbonyl (C=O) groups is 2. The molecule has 1 unspecified atom stereocenters. The molecular weight excluding hydrogens is 312 g/mol. The summed E-state index contributed by atoms with van der Waals surface area (Å²) in [6, 6.07) is 8.77. The maximum absolute atomic E-state index is 12.5. The van der Waals surface area contributed by atoms with E-state index in [1.165, 1.54) is 9.58 Å². The second-order valence-electron chi connectivity index (χ2n) is 5.26. The molecule has 128 valence electrons. The van der Waals surface area contributed by atoms with Gasteiger partial charge < -0.3 is 15.3 Å². The average molecular weight is 332 g/mol. The third kappa shape index (κ3) is 4.28. The van der Waals surface area contributed by atoms with Crippen LogP contribution in [0.2, 0.25) is 0 Å². The molecule has 24 heavy (non-hydrogen) atoms. The van der Waals surface area contributed by atoms with Gasteiger partial charge in [-0.3, -0.25) is 9.59 Å². The van der Waals surface area contributed by atoms with Gasteiger partial charge in [-0.25, -0.2) is 0 Å². The summed E-state index contributed by atoms with van der Waals surface area (Å²) in [4.78, 5) is 24.5. The van der Waals surface area contributed by atoms with Gasteiger partial charge in [-0.05, 0) is 29.0 Å². The third-order valence-corrected chi connectivity index (χ3v) is 3.52. The Labute approximate surface area is 139 Å². The highest BCUT2D eigenvalue weighted by Gasteiger charge is 2.23. The van der Waals surface area contributed by atoms with E-state index in [-0.39, 0.29) is 18.9 Å². The number of likely N-dealkylation sites (N-methyl/N-ethyl adjacent to an activating group) is 1. The van der Waals surface area contributed by atoms with E-state index in [4.69, 9.17) is 5.11 Å². The maximum Gasteiger partial charge on any atom is 0.305 e. The molecule has 0 saturated heterocycles. The highest BCUT2D eigenvalue weighted by atomic mass is 16.4. The molecule has 1 atom stereocenters. The normalized spacial score (nSPS) is 11.8. The Morgan fingerprint density at radius 2 is 2.04 bits per heavy atom. The van der Waals surface area contributed by atoms with Crippen LogP contribution in [-0.2, 0) is 9.59 Å².